The molecule has 0 radical (unpaired) electrons. The van der Waals surface area contributed by atoms with Crippen molar-refractivity contribution >= 4 is 27.2 Å². The van der Waals surface area contributed by atoms with Gasteiger partial charge in [0.05, 0.1) is 10.6 Å². The quantitative estimate of drug-likeness (QED) is 0.745. The van der Waals surface area contributed by atoms with Crippen molar-refractivity contribution in [1.82, 2.24) is 4.90 Å². The van der Waals surface area contributed by atoms with Crippen LogP contribution in [-0.2, 0) is 14.6 Å². The third-order valence-electron chi connectivity index (χ3n) is 4.68. The Morgan fingerprint density at radius 2 is 1.80 bits per heavy atom. The highest BCUT2D eigenvalue weighted by atomic mass is 32.2. The second kappa shape index (κ2) is 7.56. The summed E-state index contributed by atoms with van der Waals surface area (Å²) in [6, 6.07) is 4.75. The molecular formula is C18H26N2O4S. The zero-order chi connectivity index (χ0) is 18.8. The van der Waals surface area contributed by atoms with Crippen LogP contribution in [0, 0.1) is 5.92 Å². The van der Waals surface area contributed by atoms with Gasteiger partial charge in [0.15, 0.2) is 15.6 Å². The van der Waals surface area contributed by atoms with Gasteiger partial charge in [0.2, 0.25) is 5.91 Å². The van der Waals surface area contributed by atoms with E-state index in [9.17, 15) is 18.0 Å². The summed E-state index contributed by atoms with van der Waals surface area (Å²) >= 11 is 0. The fraction of sp³-hybridized carbons (Fsp3) is 0.556. The van der Waals surface area contributed by atoms with Crippen LogP contribution in [0.2, 0.25) is 0 Å². The van der Waals surface area contributed by atoms with Crippen LogP contribution in [0.3, 0.4) is 0 Å². The lowest BCUT2D eigenvalue weighted by molar-refractivity contribution is -0.129. The largest absolute Gasteiger partial charge is 0.370 e. The zero-order valence-corrected chi connectivity index (χ0v) is 16.1. The van der Waals surface area contributed by atoms with E-state index < -0.39 is 9.84 Å². The van der Waals surface area contributed by atoms with Crippen molar-refractivity contribution in [2.75, 3.05) is 38.3 Å². The fourth-order valence-corrected chi connectivity index (χ4v) is 3.99. The molecule has 1 fully saturated rings. The van der Waals surface area contributed by atoms with Gasteiger partial charge in [-0.2, -0.15) is 0 Å². The highest BCUT2D eigenvalue weighted by molar-refractivity contribution is 7.90. The second-order valence-corrected chi connectivity index (χ2v) is 8.92. The third kappa shape index (κ3) is 4.81. The smallest absolute Gasteiger partial charge is 0.222 e. The van der Waals surface area contributed by atoms with Gasteiger partial charge in [-0.15, -0.1) is 0 Å². The molecule has 7 heteroatoms. The van der Waals surface area contributed by atoms with Crippen LogP contribution < -0.4 is 4.90 Å². The minimum Gasteiger partial charge on any atom is -0.370 e. The first kappa shape index (κ1) is 19.4. The van der Waals surface area contributed by atoms with Gasteiger partial charge < -0.3 is 9.80 Å². The topological polar surface area (TPSA) is 74.8 Å². The lowest BCUT2D eigenvalue weighted by atomic mass is 9.92. The van der Waals surface area contributed by atoms with Crippen LogP contribution in [0.25, 0.3) is 0 Å². The van der Waals surface area contributed by atoms with Gasteiger partial charge in [-0.05, 0) is 43.9 Å². The first-order valence-electron chi connectivity index (χ1n) is 8.39. The minimum atomic E-state index is -3.38. The van der Waals surface area contributed by atoms with Crippen LogP contribution in [0.15, 0.2) is 23.1 Å². The molecule has 0 atom stereocenters. The summed E-state index contributed by atoms with van der Waals surface area (Å²) in [6.45, 7) is 2.82. The zero-order valence-electron chi connectivity index (χ0n) is 15.3. The number of ketones is 1. The van der Waals surface area contributed by atoms with E-state index in [-0.39, 0.29) is 16.6 Å². The normalized spacial score (nSPS) is 15.9. The molecule has 1 aromatic carbocycles. The van der Waals surface area contributed by atoms with Gasteiger partial charge in [0.1, 0.15) is 0 Å². The highest BCUT2D eigenvalue weighted by Gasteiger charge is 2.26. The SMILES string of the molecule is CC(=O)c1ccc(S(C)(=O)=O)c(N2CCC(CC(=O)N(C)C)CC2)c1. The molecule has 1 aliphatic heterocycles. The van der Waals surface area contributed by atoms with Gasteiger partial charge in [0, 0.05) is 45.4 Å². The molecule has 0 aromatic heterocycles. The van der Waals surface area contributed by atoms with Crippen molar-refractivity contribution in [3.63, 3.8) is 0 Å². The van der Waals surface area contributed by atoms with Gasteiger partial charge in [0.25, 0.3) is 0 Å². The Bertz CT molecular complexity index is 763. The van der Waals surface area contributed by atoms with E-state index in [1.165, 1.54) is 19.2 Å². The molecule has 0 aliphatic carbocycles. The Kier molecular flexibility index (Phi) is 5.87. The number of hydrogen-bond acceptors (Lipinski definition) is 5. The van der Waals surface area contributed by atoms with Crippen molar-refractivity contribution in [2.24, 2.45) is 5.92 Å². The number of nitrogens with zero attached hydrogens (tertiary/aromatic N) is 2. The average Bonchev–Trinajstić information content (AvgIpc) is 2.54. The molecule has 0 bridgehead atoms. The second-order valence-electron chi connectivity index (χ2n) is 6.93. The molecule has 6 nitrogen and oxygen atoms in total. The molecule has 1 saturated heterocycles. The molecule has 138 valence electrons. The lowest BCUT2D eigenvalue weighted by Gasteiger charge is -2.34. The van der Waals surface area contributed by atoms with Gasteiger partial charge in [-0.3, -0.25) is 9.59 Å². The monoisotopic (exact) mass is 366 g/mol. The number of carbonyl (C=O) groups excluding carboxylic acids is 2. The molecule has 0 N–H and O–H groups in total. The predicted molar refractivity (Wildman–Crippen MR) is 97.8 cm³/mol. The van der Waals surface area contributed by atoms with Crippen LogP contribution in [0.4, 0.5) is 5.69 Å². The summed E-state index contributed by atoms with van der Waals surface area (Å²) in [5.74, 6) is 0.338. The molecule has 25 heavy (non-hydrogen) atoms. The van der Waals surface area contributed by atoms with E-state index in [0.717, 1.165) is 12.8 Å². The maximum absolute atomic E-state index is 12.1. The van der Waals surface area contributed by atoms with E-state index in [0.29, 0.717) is 36.7 Å². The molecule has 1 aliphatic rings. The van der Waals surface area contributed by atoms with Crippen LogP contribution >= 0.6 is 0 Å². The van der Waals surface area contributed by atoms with Gasteiger partial charge in [-0.1, -0.05) is 0 Å². The molecular weight excluding hydrogens is 340 g/mol. The van der Waals surface area contributed by atoms with Crippen molar-refractivity contribution in [2.45, 2.75) is 31.1 Å². The number of amides is 1. The Labute approximate surface area is 149 Å². The Hall–Kier alpha value is -1.89. The first-order chi connectivity index (χ1) is 11.6. The van der Waals surface area contributed by atoms with Crippen LogP contribution in [0.5, 0.6) is 0 Å². The number of hydrogen-bond donors (Lipinski definition) is 0. The molecule has 1 aromatic rings. The predicted octanol–water partition coefficient (Wildman–Crippen LogP) is 1.99. The van der Waals surface area contributed by atoms with E-state index in [1.807, 2.05) is 4.90 Å². The van der Waals surface area contributed by atoms with Crippen molar-refractivity contribution in [3.8, 4) is 0 Å². The summed E-state index contributed by atoms with van der Waals surface area (Å²) in [7, 11) is 0.123. The number of sulfone groups is 1. The minimum absolute atomic E-state index is 0.0900. The molecule has 0 saturated carbocycles. The molecule has 0 unspecified atom stereocenters. The lowest BCUT2D eigenvalue weighted by Crippen LogP contribution is -2.36. The summed E-state index contributed by atoms with van der Waals surface area (Å²) in [6.07, 6.45) is 3.36. The van der Waals surface area contributed by atoms with Gasteiger partial charge in [-0.25, -0.2) is 8.42 Å². The van der Waals surface area contributed by atoms with E-state index in [2.05, 4.69) is 0 Å². The molecule has 1 amide bonds. The maximum Gasteiger partial charge on any atom is 0.222 e. The van der Waals surface area contributed by atoms with E-state index in [1.54, 1.807) is 31.1 Å². The standard InChI is InChI=1S/C18H26N2O4S/c1-13(21)15-5-6-17(25(4,23)24)16(12-15)20-9-7-14(8-10-20)11-18(22)19(2)3/h5-6,12,14H,7-11H2,1-4H3. The number of carbonyl (C=O) groups is 2. The number of Topliss-reactive ketones (excluding diaryl/α,β-unsaturated/α-hetero) is 1. The Morgan fingerprint density at radius 3 is 2.28 bits per heavy atom. The average molecular weight is 366 g/mol. The van der Waals surface area contributed by atoms with Crippen LogP contribution in [-0.4, -0.2) is 58.4 Å². The Morgan fingerprint density at radius 1 is 1.20 bits per heavy atom. The maximum atomic E-state index is 12.1. The van der Waals surface area contributed by atoms with E-state index >= 15 is 0 Å². The summed E-state index contributed by atoms with van der Waals surface area (Å²) in [5.41, 5.74) is 1.10. The van der Waals surface area contributed by atoms with Crippen LogP contribution in [0.1, 0.15) is 36.5 Å². The first-order valence-corrected chi connectivity index (χ1v) is 10.3. The van der Waals surface area contributed by atoms with Crippen molar-refractivity contribution in [1.29, 1.82) is 0 Å². The Balaban J connectivity index is 2.20. The van der Waals surface area contributed by atoms with Crippen molar-refractivity contribution in [3.05, 3.63) is 23.8 Å². The molecule has 1 heterocycles. The highest BCUT2D eigenvalue weighted by Crippen LogP contribution is 2.31. The number of rotatable bonds is 5. The summed E-state index contributed by atoms with van der Waals surface area (Å²) in [4.78, 5) is 27.4. The molecule has 2 rings (SSSR count). The fourth-order valence-electron chi connectivity index (χ4n) is 3.10. The number of piperidine rings is 1. The number of benzene rings is 1. The molecule has 0 spiro atoms. The van der Waals surface area contributed by atoms with Gasteiger partial charge >= 0.3 is 0 Å². The third-order valence-corrected chi connectivity index (χ3v) is 5.83. The number of anilines is 1. The summed E-state index contributed by atoms with van der Waals surface area (Å²) < 4.78 is 24.2. The van der Waals surface area contributed by atoms with E-state index in [4.69, 9.17) is 0 Å². The van der Waals surface area contributed by atoms with Crippen molar-refractivity contribution < 1.29 is 18.0 Å². The summed E-state index contributed by atoms with van der Waals surface area (Å²) in [5, 5.41) is 0.